The molecule has 0 saturated heterocycles. The number of carbonyl (C=O) groups is 2. The van der Waals surface area contributed by atoms with Crippen LogP contribution in [0, 0.1) is 11.3 Å². The highest BCUT2D eigenvalue weighted by molar-refractivity contribution is 7.10. The largest absolute Gasteiger partial charge is 0.497 e. The molecule has 2 aromatic heterocycles. The number of nitrogens with one attached hydrogen (secondary N) is 1. The van der Waals surface area contributed by atoms with Crippen molar-refractivity contribution in [2.45, 2.75) is 5.92 Å². The zero-order valence-corrected chi connectivity index (χ0v) is 17.8. The van der Waals surface area contributed by atoms with E-state index in [1.807, 2.05) is 29.6 Å². The molecule has 1 unspecified atom stereocenters. The van der Waals surface area contributed by atoms with E-state index in [1.165, 1.54) is 17.6 Å². The van der Waals surface area contributed by atoms with Gasteiger partial charge in [-0.15, -0.1) is 11.3 Å². The molecule has 0 radical (unpaired) electrons. The van der Waals surface area contributed by atoms with Gasteiger partial charge in [-0.25, -0.2) is 4.98 Å². The Labute approximate surface area is 187 Å². The number of benzene rings is 2. The van der Waals surface area contributed by atoms with Crippen LogP contribution in [0.4, 0.5) is 5.69 Å². The van der Waals surface area contributed by atoms with E-state index >= 15 is 0 Å². The first kappa shape index (κ1) is 21.0. The van der Waals surface area contributed by atoms with E-state index in [0.29, 0.717) is 22.0 Å². The lowest BCUT2D eigenvalue weighted by molar-refractivity contribution is 0.0976. The summed E-state index contributed by atoms with van der Waals surface area (Å²) in [7, 11) is 1.60. The fourth-order valence-corrected chi connectivity index (χ4v) is 3.89. The Hall–Kier alpha value is -4.22. The van der Waals surface area contributed by atoms with Gasteiger partial charge >= 0.3 is 0 Å². The number of nitrogens with zero attached hydrogens (tertiary/aromatic N) is 2. The van der Waals surface area contributed by atoms with Crippen LogP contribution in [0.15, 0.2) is 76.7 Å². The number of thiazole rings is 1. The van der Waals surface area contributed by atoms with E-state index in [9.17, 15) is 14.9 Å². The second-order valence-electron chi connectivity index (χ2n) is 6.73. The van der Waals surface area contributed by atoms with Crippen LogP contribution in [-0.2, 0) is 0 Å². The molecule has 0 saturated carbocycles. The first-order valence-electron chi connectivity index (χ1n) is 9.57. The molecule has 0 aliphatic carbocycles. The van der Waals surface area contributed by atoms with Crippen LogP contribution in [-0.4, -0.2) is 23.8 Å². The number of furan rings is 1. The number of anilines is 1. The van der Waals surface area contributed by atoms with Gasteiger partial charge in [-0.3, -0.25) is 9.59 Å². The smallest absolute Gasteiger partial charge is 0.291 e. The molecule has 0 bridgehead atoms. The monoisotopic (exact) mass is 443 g/mol. The van der Waals surface area contributed by atoms with Gasteiger partial charge in [0.2, 0.25) is 0 Å². The van der Waals surface area contributed by atoms with Gasteiger partial charge in [-0.2, -0.15) is 5.26 Å². The predicted octanol–water partition coefficient (Wildman–Crippen LogP) is 5.15. The van der Waals surface area contributed by atoms with E-state index in [0.717, 1.165) is 11.3 Å². The molecule has 7 nitrogen and oxygen atoms in total. The van der Waals surface area contributed by atoms with E-state index < -0.39 is 11.8 Å². The average molecular weight is 443 g/mol. The van der Waals surface area contributed by atoms with E-state index in [2.05, 4.69) is 16.4 Å². The molecule has 0 spiro atoms. The SMILES string of the molecule is COc1ccc(-c2csc(C(C#N)C(=O)c3ccc(NC(=O)c4ccco4)cc3)n2)cc1. The van der Waals surface area contributed by atoms with E-state index in [-0.39, 0.29) is 11.5 Å². The Morgan fingerprint density at radius 3 is 2.50 bits per heavy atom. The average Bonchev–Trinajstić information content (AvgIpc) is 3.53. The summed E-state index contributed by atoms with van der Waals surface area (Å²) in [4.78, 5) is 29.5. The number of nitriles is 1. The normalized spacial score (nSPS) is 11.4. The predicted molar refractivity (Wildman–Crippen MR) is 120 cm³/mol. The Bertz CT molecular complexity index is 1270. The second-order valence-corrected chi connectivity index (χ2v) is 7.62. The number of hydrogen-bond acceptors (Lipinski definition) is 7. The standard InChI is InChI=1S/C24H17N3O4S/c1-30-18-10-6-15(7-11-18)20-14-32-24(27-20)19(13-25)22(28)16-4-8-17(9-5-16)26-23(29)21-3-2-12-31-21/h2-12,14,19H,1H3,(H,26,29). The highest BCUT2D eigenvalue weighted by Crippen LogP contribution is 2.29. The molecule has 4 aromatic rings. The number of Topliss-reactive ketones (excluding diaryl/α,β-unsaturated/α-hetero) is 1. The maximum absolute atomic E-state index is 13.0. The number of methoxy groups -OCH3 is 1. The van der Waals surface area contributed by atoms with Crippen molar-refractivity contribution in [3.8, 4) is 23.1 Å². The van der Waals surface area contributed by atoms with Gasteiger partial charge in [-0.1, -0.05) is 0 Å². The summed E-state index contributed by atoms with van der Waals surface area (Å²) in [5, 5.41) is 14.6. The molecule has 8 heteroatoms. The molecule has 0 aliphatic rings. The van der Waals surface area contributed by atoms with Crippen molar-refractivity contribution in [1.82, 2.24) is 4.98 Å². The maximum atomic E-state index is 13.0. The number of ketones is 1. The van der Waals surface area contributed by atoms with Crippen molar-refractivity contribution in [3.63, 3.8) is 0 Å². The summed E-state index contributed by atoms with van der Waals surface area (Å²) in [6.45, 7) is 0. The third-order valence-corrected chi connectivity index (χ3v) is 5.63. The van der Waals surface area contributed by atoms with Crippen molar-refractivity contribution in [3.05, 3.63) is 88.6 Å². The van der Waals surface area contributed by atoms with Gasteiger partial charge in [0.05, 0.1) is 25.1 Å². The third-order valence-electron chi connectivity index (χ3n) is 4.72. The summed E-state index contributed by atoms with van der Waals surface area (Å²) in [5.41, 5.74) is 2.42. The Morgan fingerprint density at radius 1 is 1.12 bits per heavy atom. The first-order chi connectivity index (χ1) is 15.6. The molecule has 158 valence electrons. The van der Waals surface area contributed by atoms with Gasteiger partial charge in [-0.05, 0) is 60.7 Å². The van der Waals surface area contributed by atoms with Crippen molar-refractivity contribution >= 4 is 28.7 Å². The van der Waals surface area contributed by atoms with Gasteiger partial charge < -0.3 is 14.5 Å². The summed E-state index contributed by atoms with van der Waals surface area (Å²) < 4.78 is 10.2. The van der Waals surface area contributed by atoms with E-state index in [1.54, 1.807) is 43.5 Å². The van der Waals surface area contributed by atoms with Gasteiger partial charge in [0.25, 0.3) is 5.91 Å². The van der Waals surface area contributed by atoms with Crippen LogP contribution < -0.4 is 10.1 Å². The van der Waals surface area contributed by atoms with Crippen LogP contribution in [0.3, 0.4) is 0 Å². The number of amides is 1. The topological polar surface area (TPSA) is 105 Å². The Balaban J connectivity index is 1.48. The summed E-state index contributed by atoms with van der Waals surface area (Å²) in [6.07, 6.45) is 1.41. The highest BCUT2D eigenvalue weighted by Gasteiger charge is 2.25. The highest BCUT2D eigenvalue weighted by atomic mass is 32.1. The first-order valence-corrected chi connectivity index (χ1v) is 10.5. The minimum atomic E-state index is -1.02. The Morgan fingerprint density at radius 2 is 1.88 bits per heavy atom. The van der Waals surface area contributed by atoms with Crippen molar-refractivity contribution in [2.75, 3.05) is 12.4 Å². The van der Waals surface area contributed by atoms with Crippen LogP contribution in [0.2, 0.25) is 0 Å². The van der Waals surface area contributed by atoms with Gasteiger partial charge in [0.15, 0.2) is 17.5 Å². The number of ether oxygens (including phenoxy) is 1. The van der Waals surface area contributed by atoms with Gasteiger partial charge in [0.1, 0.15) is 10.8 Å². The third kappa shape index (κ3) is 4.43. The lowest BCUT2D eigenvalue weighted by Crippen LogP contribution is -2.13. The fraction of sp³-hybridized carbons (Fsp3) is 0.0833. The molecule has 0 aliphatic heterocycles. The summed E-state index contributed by atoms with van der Waals surface area (Å²) in [5.74, 6) is -0.843. The molecular weight excluding hydrogens is 426 g/mol. The van der Waals surface area contributed by atoms with Crippen molar-refractivity contribution in [1.29, 1.82) is 5.26 Å². The molecule has 1 amide bonds. The lowest BCUT2D eigenvalue weighted by Gasteiger charge is -2.07. The van der Waals surface area contributed by atoms with Crippen molar-refractivity contribution in [2.24, 2.45) is 0 Å². The molecule has 4 rings (SSSR count). The van der Waals surface area contributed by atoms with Gasteiger partial charge in [0, 0.05) is 22.2 Å². The minimum absolute atomic E-state index is 0.186. The van der Waals surface area contributed by atoms with Crippen LogP contribution in [0.25, 0.3) is 11.3 Å². The van der Waals surface area contributed by atoms with Crippen LogP contribution in [0.1, 0.15) is 31.8 Å². The van der Waals surface area contributed by atoms with Crippen LogP contribution in [0.5, 0.6) is 5.75 Å². The van der Waals surface area contributed by atoms with Crippen molar-refractivity contribution < 1.29 is 18.7 Å². The summed E-state index contributed by atoms with van der Waals surface area (Å²) >= 11 is 1.27. The molecule has 1 atom stereocenters. The molecular formula is C24H17N3O4S. The zero-order valence-electron chi connectivity index (χ0n) is 16.9. The lowest BCUT2D eigenvalue weighted by atomic mass is 9.99. The molecule has 1 N–H and O–H groups in total. The minimum Gasteiger partial charge on any atom is -0.497 e. The molecule has 32 heavy (non-hydrogen) atoms. The maximum Gasteiger partial charge on any atom is 0.291 e. The number of aromatic nitrogens is 1. The van der Waals surface area contributed by atoms with Crippen LogP contribution >= 0.6 is 11.3 Å². The molecule has 0 fully saturated rings. The number of carbonyl (C=O) groups excluding carboxylic acids is 2. The molecule has 2 aromatic carbocycles. The number of rotatable bonds is 7. The second kappa shape index (κ2) is 9.29. The quantitative estimate of drug-likeness (QED) is 0.396. The fourth-order valence-electron chi connectivity index (χ4n) is 3.03. The van der Waals surface area contributed by atoms with E-state index in [4.69, 9.17) is 9.15 Å². The summed E-state index contributed by atoms with van der Waals surface area (Å²) in [6, 6.07) is 19.0. The Kier molecular flexibility index (Phi) is 6.10. The zero-order chi connectivity index (χ0) is 22.5. The number of hydrogen-bond donors (Lipinski definition) is 1. The molecule has 2 heterocycles.